The number of halogens is 1. The largest absolute Gasteiger partial charge is 0.481 e. The summed E-state index contributed by atoms with van der Waals surface area (Å²) in [6, 6.07) is 18.4. The van der Waals surface area contributed by atoms with Crippen molar-refractivity contribution < 1.29 is 23.1 Å². The standard InChI is InChI=1S/C29H30ClN3O5S/c1-3-33(4-2)15-16-39(37,38)23-12-10-22(11-13-23)31-28(20-7-5-19(6-8-20)17-26(34)35)27-24-14-9-21(30)18-25(24)32-29(27)36/h5-14,18,27H,3-4,15-17H2,1-2H3,(H,32,36)(H,34,35). The van der Waals surface area contributed by atoms with E-state index in [4.69, 9.17) is 21.7 Å². The van der Waals surface area contributed by atoms with Gasteiger partial charge in [-0.1, -0.05) is 55.8 Å². The Morgan fingerprint density at radius 1 is 1.03 bits per heavy atom. The van der Waals surface area contributed by atoms with E-state index in [1.165, 1.54) is 12.1 Å². The van der Waals surface area contributed by atoms with Crippen LogP contribution in [-0.4, -0.2) is 61.4 Å². The summed E-state index contributed by atoms with van der Waals surface area (Å²) < 4.78 is 25.8. The number of hydrogen-bond acceptors (Lipinski definition) is 6. The molecule has 0 radical (unpaired) electrons. The van der Waals surface area contributed by atoms with E-state index in [1.54, 1.807) is 54.6 Å². The zero-order valence-electron chi connectivity index (χ0n) is 21.7. The maximum Gasteiger partial charge on any atom is 0.307 e. The van der Waals surface area contributed by atoms with Gasteiger partial charge in [0.1, 0.15) is 5.92 Å². The van der Waals surface area contributed by atoms with Crippen molar-refractivity contribution >= 4 is 50.4 Å². The fraction of sp³-hybridized carbons (Fsp3) is 0.276. The van der Waals surface area contributed by atoms with Crippen LogP contribution in [0.3, 0.4) is 0 Å². The molecule has 10 heteroatoms. The zero-order valence-corrected chi connectivity index (χ0v) is 23.3. The Bertz CT molecular complexity index is 1500. The summed E-state index contributed by atoms with van der Waals surface area (Å²) in [5, 5.41) is 12.5. The van der Waals surface area contributed by atoms with Gasteiger partial charge >= 0.3 is 5.97 Å². The summed E-state index contributed by atoms with van der Waals surface area (Å²) in [6.07, 6.45) is -0.123. The molecule has 1 aliphatic rings. The first-order valence-electron chi connectivity index (χ1n) is 12.7. The second kappa shape index (κ2) is 12.1. The minimum atomic E-state index is -3.47. The second-order valence-electron chi connectivity index (χ2n) is 9.26. The van der Waals surface area contributed by atoms with Crippen molar-refractivity contribution in [1.29, 1.82) is 0 Å². The van der Waals surface area contributed by atoms with Gasteiger partial charge in [0.2, 0.25) is 5.91 Å². The number of sulfone groups is 1. The topological polar surface area (TPSA) is 116 Å². The van der Waals surface area contributed by atoms with Crippen LogP contribution in [0.25, 0.3) is 0 Å². The average Bonchev–Trinajstić information content (AvgIpc) is 3.22. The normalized spacial score (nSPS) is 15.3. The highest BCUT2D eigenvalue weighted by molar-refractivity contribution is 7.91. The lowest BCUT2D eigenvalue weighted by Gasteiger charge is -2.17. The number of amides is 1. The van der Waals surface area contributed by atoms with Gasteiger partial charge in [-0.2, -0.15) is 0 Å². The van der Waals surface area contributed by atoms with Crippen LogP contribution in [0.5, 0.6) is 0 Å². The molecule has 0 aromatic heterocycles. The van der Waals surface area contributed by atoms with Gasteiger partial charge in [-0.3, -0.25) is 14.6 Å². The molecule has 4 rings (SSSR count). The van der Waals surface area contributed by atoms with E-state index in [0.29, 0.717) is 45.3 Å². The number of carbonyl (C=O) groups excluding carboxylic acids is 1. The fourth-order valence-corrected chi connectivity index (χ4v) is 6.00. The molecule has 0 spiro atoms. The Morgan fingerprint density at radius 3 is 2.31 bits per heavy atom. The number of hydrogen-bond donors (Lipinski definition) is 2. The molecule has 3 aromatic carbocycles. The minimum Gasteiger partial charge on any atom is -0.481 e. The Kier molecular flexibility index (Phi) is 8.84. The predicted octanol–water partition coefficient (Wildman–Crippen LogP) is 4.94. The molecule has 0 saturated heterocycles. The van der Waals surface area contributed by atoms with Gasteiger partial charge in [0, 0.05) is 17.3 Å². The lowest BCUT2D eigenvalue weighted by molar-refractivity contribution is -0.136. The molecule has 0 saturated carbocycles. The number of carbonyl (C=O) groups is 2. The molecule has 0 bridgehead atoms. The van der Waals surface area contributed by atoms with Gasteiger partial charge in [-0.25, -0.2) is 8.42 Å². The Balaban J connectivity index is 1.70. The molecule has 1 heterocycles. The van der Waals surface area contributed by atoms with Crippen LogP contribution in [0.2, 0.25) is 5.02 Å². The van der Waals surface area contributed by atoms with E-state index >= 15 is 0 Å². The third kappa shape index (κ3) is 6.73. The number of nitrogens with one attached hydrogen (secondary N) is 1. The van der Waals surface area contributed by atoms with Gasteiger partial charge < -0.3 is 15.3 Å². The summed E-state index contributed by atoms with van der Waals surface area (Å²) in [7, 11) is -3.47. The van der Waals surface area contributed by atoms with Crippen molar-refractivity contribution in [2.24, 2.45) is 4.99 Å². The van der Waals surface area contributed by atoms with Crippen molar-refractivity contribution in [2.75, 3.05) is 30.7 Å². The van der Waals surface area contributed by atoms with Gasteiger partial charge in [-0.15, -0.1) is 0 Å². The smallest absolute Gasteiger partial charge is 0.307 e. The second-order valence-corrected chi connectivity index (χ2v) is 11.8. The van der Waals surface area contributed by atoms with Crippen molar-refractivity contribution in [2.45, 2.75) is 31.1 Å². The molecule has 1 atom stereocenters. The van der Waals surface area contributed by atoms with E-state index in [9.17, 15) is 18.0 Å². The molecular formula is C29H30ClN3O5S. The van der Waals surface area contributed by atoms with E-state index in [0.717, 1.165) is 13.1 Å². The first-order chi connectivity index (χ1) is 18.6. The summed E-state index contributed by atoms with van der Waals surface area (Å²) in [5.74, 6) is -1.92. The maximum atomic E-state index is 13.1. The first kappa shape index (κ1) is 28.5. The summed E-state index contributed by atoms with van der Waals surface area (Å²) >= 11 is 6.13. The third-order valence-electron chi connectivity index (χ3n) is 6.74. The number of benzene rings is 3. The molecule has 8 nitrogen and oxygen atoms in total. The maximum absolute atomic E-state index is 13.1. The van der Waals surface area contributed by atoms with Crippen molar-refractivity contribution in [3.63, 3.8) is 0 Å². The van der Waals surface area contributed by atoms with Crippen molar-refractivity contribution in [1.82, 2.24) is 4.90 Å². The van der Waals surface area contributed by atoms with E-state index in [2.05, 4.69) is 10.2 Å². The fourth-order valence-electron chi connectivity index (χ4n) is 4.54. The first-order valence-corrected chi connectivity index (χ1v) is 14.7. The number of anilines is 1. The molecule has 39 heavy (non-hydrogen) atoms. The minimum absolute atomic E-state index is 0.0207. The zero-order chi connectivity index (χ0) is 28.2. The van der Waals surface area contributed by atoms with Gasteiger partial charge in [-0.05, 0) is 66.2 Å². The van der Waals surface area contributed by atoms with Crippen LogP contribution in [0.1, 0.15) is 36.5 Å². The van der Waals surface area contributed by atoms with Crippen molar-refractivity contribution in [3.05, 3.63) is 88.4 Å². The molecule has 0 fully saturated rings. The summed E-state index contributed by atoms with van der Waals surface area (Å²) in [5.41, 5.74) is 3.51. The van der Waals surface area contributed by atoms with E-state index in [1.807, 2.05) is 13.8 Å². The Labute approximate surface area is 233 Å². The van der Waals surface area contributed by atoms with Crippen LogP contribution in [0, 0.1) is 0 Å². The average molecular weight is 568 g/mol. The number of aliphatic imine (C=N–C) groups is 1. The molecular weight excluding hydrogens is 538 g/mol. The highest BCUT2D eigenvalue weighted by Gasteiger charge is 2.35. The molecule has 0 aliphatic carbocycles. The quantitative estimate of drug-likeness (QED) is 0.317. The van der Waals surface area contributed by atoms with Crippen LogP contribution in [0.4, 0.5) is 11.4 Å². The Hall–Kier alpha value is -3.53. The third-order valence-corrected chi connectivity index (χ3v) is 8.69. The lowest BCUT2D eigenvalue weighted by Crippen LogP contribution is -2.29. The van der Waals surface area contributed by atoms with Crippen molar-refractivity contribution in [3.8, 4) is 0 Å². The molecule has 1 aliphatic heterocycles. The van der Waals surface area contributed by atoms with E-state index in [-0.39, 0.29) is 23.0 Å². The Morgan fingerprint density at radius 2 is 1.69 bits per heavy atom. The number of carboxylic acids is 1. The number of aliphatic carboxylic acids is 1. The van der Waals surface area contributed by atoms with Crippen LogP contribution >= 0.6 is 11.6 Å². The molecule has 1 unspecified atom stereocenters. The van der Waals surface area contributed by atoms with Crippen LogP contribution in [0.15, 0.2) is 76.6 Å². The van der Waals surface area contributed by atoms with Crippen LogP contribution in [-0.2, 0) is 25.8 Å². The summed E-state index contributed by atoms with van der Waals surface area (Å²) in [4.78, 5) is 31.3. The molecule has 3 aromatic rings. The van der Waals surface area contributed by atoms with Crippen LogP contribution < -0.4 is 5.32 Å². The van der Waals surface area contributed by atoms with E-state index < -0.39 is 21.7 Å². The predicted molar refractivity (Wildman–Crippen MR) is 153 cm³/mol. The molecule has 1 amide bonds. The summed E-state index contributed by atoms with van der Waals surface area (Å²) in [6.45, 7) is 6.01. The monoisotopic (exact) mass is 567 g/mol. The SMILES string of the molecule is CCN(CC)CCS(=O)(=O)c1ccc(N=C(c2ccc(CC(=O)O)cc2)C2C(=O)Nc3cc(Cl)ccc32)cc1. The number of carboxylic acid groups (broad SMARTS) is 1. The van der Waals surface area contributed by atoms with Gasteiger partial charge in [0.05, 0.1) is 28.5 Å². The highest BCUT2D eigenvalue weighted by Crippen LogP contribution is 2.38. The highest BCUT2D eigenvalue weighted by atomic mass is 35.5. The lowest BCUT2D eigenvalue weighted by atomic mass is 9.90. The van der Waals surface area contributed by atoms with Gasteiger partial charge in [0.25, 0.3) is 0 Å². The number of rotatable bonds is 11. The molecule has 204 valence electrons. The van der Waals surface area contributed by atoms with Gasteiger partial charge in [0.15, 0.2) is 9.84 Å². The molecule has 2 N–H and O–H groups in total. The number of nitrogens with zero attached hydrogens (tertiary/aromatic N) is 2. The number of fused-ring (bicyclic) bond motifs is 1.